The van der Waals surface area contributed by atoms with Crippen molar-refractivity contribution in [3.63, 3.8) is 0 Å². The van der Waals surface area contributed by atoms with Gasteiger partial charge in [-0.05, 0) is 12.1 Å². The molecule has 1 atom stereocenters. The molecule has 6 nitrogen and oxygen atoms in total. The fraction of sp³-hybridized carbons (Fsp3) is 0.385. The average molecular weight is 299 g/mol. The zero-order chi connectivity index (χ0) is 15.6. The number of nitrogens with zero attached hydrogens (tertiary/aromatic N) is 1. The van der Waals surface area contributed by atoms with Crippen molar-refractivity contribution in [1.82, 2.24) is 10.2 Å². The Morgan fingerprint density at radius 2 is 2.14 bits per heavy atom. The molecule has 0 radical (unpaired) electrons. The molecule has 0 spiro atoms. The number of carbonyl (C=O) groups is 2. The van der Waals surface area contributed by atoms with Crippen molar-refractivity contribution in [2.24, 2.45) is 0 Å². The van der Waals surface area contributed by atoms with E-state index in [1.165, 1.54) is 7.05 Å². The lowest BCUT2D eigenvalue weighted by Gasteiger charge is -2.34. The van der Waals surface area contributed by atoms with Crippen molar-refractivity contribution >= 4 is 17.5 Å². The quantitative estimate of drug-likeness (QED) is 0.761. The molecule has 1 heterocycles. The lowest BCUT2D eigenvalue weighted by Crippen LogP contribution is -2.55. The summed E-state index contributed by atoms with van der Waals surface area (Å²) in [6, 6.07) is 1.02. The molecular weight excluding hydrogens is 284 g/mol. The van der Waals surface area contributed by atoms with Crippen LogP contribution in [0.25, 0.3) is 0 Å². The predicted molar refractivity (Wildman–Crippen MR) is 70.5 cm³/mol. The molecule has 1 fully saturated rings. The van der Waals surface area contributed by atoms with Crippen molar-refractivity contribution in [3.05, 3.63) is 29.3 Å². The molecule has 114 valence electrons. The van der Waals surface area contributed by atoms with Crippen molar-refractivity contribution in [2.75, 3.05) is 32.5 Å². The van der Waals surface area contributed by atoms with Crippen molar-refractivity contribution in [2.45, 2.75) is 6.04 Å². The molecule has 1 aliphatic heterocycles. The molecule has 1 unspecified atom stereocenters. The molecule has 0 saturated carbocycles. The number of halogens is 2. The van der Waals surface area contributed by atoms with Gasteiger partial charge in [0, 0.05) is 13.6 Å². The first-order valence-corrected chi connectivity index (χ1v) is 6.31. The number of amides is 2. The van der Waals surface area contributed by atoms with E-state index < -0.39 is 35.1 Å². The fourth-order valence-corrected chi connectivity index (χ4v) is 2.14. The minimum atomic E-state index is -1.12. The molecular formula is C13H15F2N3O3. The Labute approximate surface area is 119 Å². The number of nitrogens with one attached hydrogen (secondary N) is 1. The number of hydrogen-bond donors (Lipinski definition) is 2. The molecule has 3 N–H and O–H groups in total. The van der Waals surface area contributed by atoms with E-state index in [1.807, 2.05) is 0 Å². The fourth-order valence-electron chi connectivity index (χ4n) is 2.14. The minimum Gasteiger partial charge on any atom is -0.396 e. The number of anilines is 1. The van der Waals surface area contributed by atoms with E-state index in [1.54, 1.807) is 0 Å². The summed E-state index contributed by atoms with van der Waals surface area (Å²) in [7, 11) is 1.40. The second kappa shape index (κ2) is 6.04. The van der Waals surface area contributed by atoms with Crippen LogP contribution in [0.2, 0.25) is 0 Å². The van der Waals surface area contributed by atoms with Gasteiger partial charge in [0.05, 0.1) is 18.9 Å². The first-order valence-electron chi connectivity index (χ1n) is 6.31. The van der Waals surface area contributed by atoms with E-state index in [9.17, 15) is 18.4 Å². The van der Waals surface area contributed by atoms with Crippen LogP contribution < -0.4 is 11.1 Å². The van der Waals surface area contributed by atoms with Crippen LogP contribution in [0.15, 0.2) is 12.1 Å². The molecule has 1 saturated heterocycles. The number of carbonyl (C=O) groups excluding carboxylic acids is 2. The van der Waals surface area contributed by atoms with E-state index in [-0.39, 0.29) is 25.4 Å². The second-order valence-electron chi connectivity index (χ2n) is 4.53. The van der Waals surface area contributed by atoms with Gasteiger partial charge in [-0.1, -0.05) is 0 Å². The van der Waals surface area contributed by atoms with E-state index in [2.05, 4.69) is 5.32 Å². The Kier molecular flexibility index (Phi) is 4.37. The van der Waals surface area contributed by atoms with Crippen molar-refractivity contribution in [1.29, 1.82) is 0 Å². The van der Waals surface area contributed by atoms with Gasteiger partial charge in [-0.15, -0.1) is 0 Å². The molecule has 2 rings (SSSR count). The second-order valence-corrected chi connectivity index (χ2v) is 4.53. The summed E-state index contributed by atoms with van der Waals surface area (Å²) < 4.78 is 32.8. The van der Waals surface area contributed by atoms with Crippen LogP contribution in [-0.2, 0) is 9.53 Å². The maximum Gasteiger partial charge on any atom is 0.260 e. The standard InChI is InChI=1S/C13H15F2N3O3/c1-17-12(19)9-6-21-5-4-18(9)13(20)10-7(14)2-3-8(16)11(10)15/h2-3,9H,4-6,16H2,1H3,(H,17,19). The summed E-state index contributed by atoms with van der Waals surface area (Å²) in [5, 5.41) is 2.39. The van der Waals surface area contributed by atoms with E-state index in [0.717, 1.165) is 17.0 Å². The Bertz CT molecular complexity index is 580. The summed E-state index contributed by atoms with van der Waals surface area (Å²) in [4.78, 5) is 25.2. The molecule has 1 aromatic carbocycles. The predicted octanol–water partition coefficient (Wildman–Crippen LogP) is 0.134. The third kappa shape index (κ3) is 2.80. The van der Waals surface area contributed by atoms with E-state index in [4.69, 9.17) is 10.5 Å². The van der Waals surface area contributed by atoms with Gasteiger partial charge in [-0.3, -0.25) is 9.59 Å². The maximum atomic E-state index is 13.9. The first-order chi connectivity index (χ1) is 9.97. The molecule has 2 amide bonds. The van der Waals surface area contributed by atoms with Gasteiger partial charge in [0.1, 0.15) is 17.4 Å². The maximum absolute atomic E-state index is 13.9. The highest BCUT2D eigenvalue weighted by Crippen LogP contribution is 2.22. The highest BCUT2D eigenvalue weighted by atomic mass is 19.1. The minimum absolute atomic E-state index is 0.0308. The third-order valence-corrected chi connectivity index (χ3v) is 3.27. The van der Waals surface area contributed by atoms with E-state index >= 15 is 0 Å². The van der Waals surface area contributed by atoms with Crippen LogP contribution in [0.3, 0.4) is 0 Å². The highest BCUT2D eigenvalue weighted by molar-refractivity contribution is 5.98. The number of nitrogen functional groups attached to an aromatic ring is 1. The number of hydrogen-bond acceptors (Lipinski definition) is 4. The number of benzene rings is 1. The largest absolute Gasteiger partial charge is 0.396 e. The van der Waals surface area contributed by atoms with Crippen LogP contribution >= 0.6 is 0 Å². The van der Waals surface area contributed by atoms with Gasteiger partial charge in [0.25, 0.3) is 5.91 Å². The molecule has 1 aliphatic rings. The number of nitrogens with two attached hydrogens (primary N) is 1. The molecule has 0 aliphatic carbocycles. The lowest BCUT2D eigenvalue weighted by atomic mass is 10.1. The van der Waals surface area contributed by atoms with Gasteiger partial charge in [-0.2, -0.15) is 0 Å². The monoisotopic (exact) mass is 299 g/mol. The molecule has 1 aromatic rings. The van der Waals surface area contributed by atoms with Gasteiger partial charge in [0.2, 0.25) is 5.91 Å². The number of rotatable bonds is 2. The van der Waals surface area contributed by atoms with Crippen LogP contribution in [0.1, 0.15) is 10.4 Å². The number of ether oxygens (including phenoxy) is 1. The lowest BCUT2D eigenvalue weighted by molar-refractivity contribution is -0.130. The SMILES string of the molecule is CNC(=O)C1COCCN1C(=O)c1c(F)ccc(N)c1F. The highest BCUT2D eigenvalue weighted by Gasteiger charge is 2.35. The van der Waals surface area contributed by atoms with Crippen LogP contribution in [0, 0.1) is 11.6 Å². The Morgan fingerprint density at radius 3 is 2.81 bits per heavy atom. The Hall–Kier alpha value is -2.22. The number of morpholine rings is 1. The molecule has 0 bridgehead atoms. The summed E-state index contributed by atoms with van der Waals surface area (Å²) in [6.45, 7) is 0.215. The normalized spacial score (nSPS) is 18.4. The van der Waals surface area contributed by atoms with Crippen LogP contribution in [0.4, 0.5) is 14.5 Å². The van der Waals surface area contributed by atoms with Crippen molar-refractivity contribution < 1.29 is 23.1 Å². The summed E-state index contributed by atoms with van der Waals surface area (Å²) in [6.07, 6.45) is 0. The van der Waals surface area contributed by atoms with Crippen LogP contribution in [0.5, 0.6) is 0 Å². The van der Waals surface area contributed by atoms with Crippen molar-refractivity contribution in [3.8, 4) is 0 Å². The van der Waals surface area contributed by atoms with Gasteiger partial charge in [0.15, 0.2) is 5.82 Å². The summed E-state index contributed by atoms with van der Waals surface area (Å²) in [5.41, 5.74) is 4.27. The summed E-state index contributed by atoms with van der Waals surface area (Å²) >= 11 is 0. The number of likely N-dealkylation sites (N-methyl/N-ethyl adjacent to an activating group) is 1. The summed E-state index contributed by atoms with van der Waals surface area (Å²) in [5.74, 6) is -3.53. The molecule has 21 heavy (non-hydrogen) atoms. The topological polar surface area (TPSA) is 84.7 Å². The van der Waals surface area contributed by atoms with E-state index in [0.29, 0.717) is 0 Å². The third-order valence-electron chi connectivity index (χ3n) is 3.27. The smallest absolute Gasteiger partial charge is 0.260 e. The zero-order valence-corrected chi connectivity index (χ0v) is 11.4. The Balaban J connectivity index is 2.38. The van der Waals surface area contributed by atoms with Gasteiger partial charge in [-0.25, -0.2) is 8.78 Å². The molecule has 0 aromatic heterocycles. The molecule has 8 heteroatoms. The first kappa shape index (κ1) is 15.2. The van der Waals surface area contributed by atoms with Crippen LogP contribution in [-0.4, -0.2) is 49.6 Å². The van der Waals surface area contributed by atoms with Gasteiger partial charge < -0.3 is 20.7 Å². The average Bonchev–Trinajstić information content (AvgIpc) is 2.50. The zero-order valence-electron chi connectivity index (χ0n) is 11.4. The van der Waals surface area contributed by atoms with Gasteiger partial charge >= 0.3 is 0 Å². The Morgan fingerprint density at radius 1 is 1.43 bits per heavy atom.